The van der Waals surface area contributed by atoms with Crippen molar-refractivity contribution in [3.63, 3.8) is 0 Å². The fraction of sp³-hybridized carbons (Fsp3) is 0.767. The third-order valence-electron chi connectivity index (χ3n) is 13.1. The minimum atomic E-state index is -0.457. The van der Waals surface area contributed by atoms with Crippen LogP contribution in [0.3, 0.4) is 0 Å². The molecule has 0 aliphatic carbocycles. The second kappa shape index (κ2) is 42.5. The van der Waals surface area contributed by atoms with E-state index in [2.05, 4.69) is 20.8 Å². The molecule has 0 saturated heterocycles. The Labute approximate surface area is 419 Å². The Morgan fingerprint density at radius 1 is 0.412 bits per heavy atom. The zero-order valence-electron chi connectivity index (χ0n) is 45.4. The number of ether oxygens (including phenoxy) is 4. The van der Waals surface area contributed by atoms with Crippen molar-refractivity contribution in [2.75, 3.05) is 48.0 Å². The second-order valence-electron chi connectivity index (χ2n) is 20.1. The van der Waals surface area contributed by atoms with Crippen LogP contribution in [0.4, 0.5) is 5.69 Å². The summed E-state index contributed by atoms with van der Waals surface area (Å²) in [5.41, 5.74) is 1.17. The van der Waals surface area contributed by atoms with E-state index in [0.717, 1.165) is 50.2 Å². The van der Waals surface area contributed by atoms with Crippen LogP contribution in [-0.2, 0) is 0 Å². The SMILES string of the molecule is CCCCCCCCCCCCCCOc1cc(C(=O)Oc2ccc(N=C(N(C)C)N(C)C)cc2)cc(OCCCCCCCCCCCCCC)c1OCCCCCCCCCCCCCC. The molecule has 0 aliphatic rings. The molecule has 2 aromatic carbocycles. The van der Waals surface area contributed by atoms with Crippen LogP contribution in [0.15, 0.2) is 41.4 Å². The summed E-state index contributed by atoms with van der Waals surface area (Å²) >= 11 is 0. The molecule has 0 saturated carbocycles. The van der Waals surface area contributed by atoms with Crippen molar-refractivity contribution in [1.82, 2.24) is 9.80 Å². The van der Waals surface area contributed by atoms with Crippen molar-refractivity contribution < 1.29 is 23.7 Å². The highest BCUT2D eigenvalue weighted by Gasteiger charge is 2.21. The van der Waals surface area contributed by atoms with Crippen molar-refractivity contribution in [3.8, 4) is 23.0 Å². The predicted molar refractivity (Wildman–Crippen MR) is 292 cm³/mol. The minimum absolute atomic E-state index is 0.390. The van der Waals surface area contributed by atoms with Gasteiger partial charge in [-0.15, -0.1) is 0 Å². The lowest BCUT2D eigenvalue weighted by Gasteiger charge is -2.22. The first-order valence-corrected chi connectivity index (χ1v) is 28.6. The summed E-state index contributed by atoms with van der Waals surface area (Å²) < 4.78 is 25.7. The molecule has 390 valence electrons. The second-order valence-corrected chi connectivity index (χ2v) is 20.1. The van der Waals surface area contributed by atoms with Gasteiger partial charge in [0.05, 0.1) is 31.1 Å². The maximum absolute atomic E-state index is 13.9. The molecule has 8 heteroatoms. The zero-order valence-corrected chi connectivity index (χ0v) is 45.4. The number of hydrogen-bond acceptors (Lipinski definition) is 6. The van der Waals surface area contributed by atoms with Crippen LogP contribution in [0.5, 0.6) is 23.0 Å². The summed E-state index contributed by atoms with van der Waals surface area (Å²) in [4.78, 5) is 22.6. The van der Waals surface area contributed by atoms with Gasteiger partial charge in [0.2, 0.25) is 11.7 Å². The molecule has 0 amide bonds. The number of nitrogens with zero attached hydrogens (tertiary/aromatic N) is 3. The normalized spacial score (nSPS) is 11.2. The van der Waals surface area contributed by atoms with Crippen molar-refractivity contribution in [2.24, 2.45) is 4.99 Å². The van der Waals surface area contributed by atoms with Gasteiger partial charge < -0.3 is 28.7 Å². The highest BCUT2D eigenvalue weighted by molar-refractivity contribution is 5.92. The Morgan fingerprint density at radius 3 is 1.01 bits per heavy atom. The van der Waals surface area contributed by atoms with E-state index in [0.29, 0.717) is 48.4 Å². The molecule has 0 aromatic heterocycles. The van der Waals surface area contributed by atoms with Gasteiger partial charge >= 0.3 is 5.97 Å². The molecular weight excluding hydrogens is 843 g/mol. The van der Waals surface area contributed by atoms with Crippen molar-refractivity contribution >= 4 is 17.6 Å². The van der Waals surface area contributed by atoms with E-state index in [-0.39, 0.29) is 0 Å². The van der Waals surface area contributed by atoms with Gasteiger partial charge in [-0.25, -0.2) is 9.79 Å². The summed E-state index contributed by atoms with van der Waals surface area (Å²) in [5, 5.41) is 0. The molecule has 0 N–H and O–H groups in total. The minimum Gasteiger partial charge on any atom is -0.490 e. The van der Waals surface area contributed by atoms with Gasteiger partial charge in [0.1, 0.15) is 5.75 Å². The van der Waals surface area contributed by atoms with Gasteiger partial charge in [-0.3, -0.25) is 0 Å². The molecule has 0 fully saturated rings. The fourth-order valence-corrected chi connectivity index (χ4v) is 8.89. The summed E-state index contributed by atoms with van der Waals surface area (Å²) in [6.45, 7) is 8.56. The number of carbonyl (C=O) groups excluding carboxylic acids is 1. The van der Waals surface area contributed by atoms with Crippen LogP contribution in [0.1, 0.15) is 262 Å². The first kappa shape index (κ1) is 60.7. The number of hydrogen-bond donors (Lipinski definition) is 0. The van der Waals surface area contributed by atoms with Crippen molar-refractivity contribution in [3.05, 3.63) is 42.0 Å². The fourth-order valence-electron chi connectivity index (χ4n) is 8.89. The summed E-state index contributed by atoms with van der Waals surface area (Å²) in [7, 11) is 7.88. The topological polar surface area (TPSA) is 72.8 Å². The highest BCUT2D eigenvalue weighted by Crippen LogP contribution is 2.40. The van der Waals surface area contributed by atoms with E-state index in [1.165, 1.54) is 193 Å². The van der Waals surface area contributed by atoms with E-state index in [1.54, 1.807) is 24.3 Å². The molecule has 0 spiro atoms. The number of rotatable bonds is 45. The van der Waals surface area contributed by atoms with Gasteiger partial charge in [-0.1, -0.05) is 233 Å². The molecule has 68 heavy (non-hydrogen) atoms. The van der Waals surface area contributed by atoms with Crippen LogP contribution in [0.25, 0.3) is 0 Å². The Hall–Kier alpha value is -3.42. The smallest absolute Gasteiger partial charge is 0.343 e. The van der Waals surface area contributed by atoms with Crippen LogP contribution in [0, 0.1) is 0 Å². The lowest BCUT2D eigenvalue weighted by atomic mass is 10.1. The lowest BCUT2D eigenvalue weighted by molar-refractivity contribution is 0.0733. The van der Waals surface area contributed by atoms with Gasteiger partial charge in [0.25, 0.3) is 0 Å². The first-order chi connectivity index (χ1) is 33.3. The van der Waals surface area contributed by atoms with E-state index >= 15 is 0 Å². The molecule has 0 heterocycles. The quantitative estimate of drug-likeness (QED) is 0.0215. The third kappa shape index (κ3) is 30.9. The number of unbranched alkanes of at least 4 members (excludes halogenated alkanes) is 33. The number of aliphatic imine (C=N–C) groups is 1. The molecule has 0 radical (unpaired) electrons. The highest BCUT2D eigenvalue weighted by atomic mass is 16.5. The monoisotopic (exact) mass is 948 g/mol. The van der Waals surface area contributed by atoms with Gasteiger partial charge in [0.15, 0.2) is 11.5 Å². The molecule has 0 atom stereocenters. The van der Waals surface area contributed by atoms with Crippen LogP contribution in [-0.4, -0.2) is 69.7 Å². The van der Waals surface area contributed by atoms with Crippen molar-refractivity contribution in [2.45, 2.75) is 252 Å². The van der Waals surface area contributed by atoms with Crippen LogP contribution >= 0.6 is 0 Å². The molecule has 0 aliphatic heterocycles. The molecular formula is C60H105N3O5. The van der Waals surface area contributed by atoms with E-state index in [9.17, 15) is 4.79 Å². The Balaban J connectivity index is 2.13. The average molecular weight is 949 g/mol. The largest absolute Gasteiger partial charge is 0.490 e. The Morgan fingerprint density at radius 2 is 0.706 bits per heavy atom. The maximum atomic E-state index is 13.9. The van der Waals surface area contributed by atoms with Gasteiger partial charge in [-0.05, 0) is 55.7 Å². The molecule has 2 aromatic rings. The average Bonchev–Trinajstić information content (AvgIpc) is 3.33. The molecule has 0 unspecified atom stereocenters. The van der Waals surface area contributed by atoms with Gasteiger partial charge in [0, 0.05) is 28.2 Å². The van der Waals surface area contributed by atoms with Gasteiger partial charge in [-0.2, -0.15) is 0 Å². The van der Waals surface area contributed by atoms with E-state index < -0.39 is 5.97 Å². The zero-order chi connectivity index (χ0) is 49.1. The van der Waals surface area contributed by atoms with Crippen LogP contribution in [0.2, 0.25) is 0 Å². The van der Waals surface area contributed by atoms with E-state index in [4.69, 9.17) is 23.9 Å². The predicted octanol–water partition coefficient (Wildman–Crippen LogP) is 18.3. The van der Waals surface area contributed by atoms with Crippen LogP contribution < -0.4 is 18.9 Å². The number of carbonyl (C=O) groups is 1. The first-order valence-electron chi connectivity index (χ1n) is 28.6. The standard InChI is InChI=1S/C60H105N3O5/c1-8-11-14-17-20-23-26-29-32-35-38-41-48-65-56-51-53(59(64)68-55-46-44-54(45-47-55)61-60(62(4)5)63(6)7)52-57(66-49-42-39-36-33-30-27-24-21-18-15-12-9-2)58(56)67-50-43-40-37-34-31-28-25-22-19-16-13-10-3/h44-47,51-52H,8-43,48-50H2,1-7H3. The third-order valence-corrected chi connectivity index (χ3v) is 13.1. The lowest BCUT2D eigenvalue weighted by Crippen LogP contribution is -2.35. The maximum Gasteiger partial charge on any atom is 0.343 e. The molecule has 8 nitrogen and oxygen atoms in total. The Kier molecular flexibility index (Phi) is 37.9. The van der Waals surface area contributed by atoms with E-state index in [1.807, 2.05) is 50.1 Å². The Bertz CT molecular complexity index is 1450. The number of esters is 1. The summed E-state index contributed by atoms with van der Waals surface area (Å²) in [6, 6.07) is 10.9. The summed E-state index contributed by atoms with van der Waals surface area (Å²) in [6.07, 6.45) is 46.4. The molecule has 2 rings (SSSR count). The van der Waals surface area contributed by atoms with Crippen molar-refractivity contribution in [1.29, 1.82) is 0 Å². The number of benzene rings is 2. The number of guanidine groups is 1. The summed E-state index contributed by atoms with van der Waals surface area (Å²) in [5.74, 6) is 2.56. The molecule has 0 bridgehead atoms.